The summed E-state index contributed by atoms with van der Waals surface area (Å²) in [6.45, 7) is 6.58. The van der Waals surface area contributed by atoms with Crippen molar-refractivity contribution in [2.24, 2.45) is 5.73 Å². The van der Waals surface area contributed by atoms with Crippen LogP contribution in [0.5, 0.6) is 0 Å². The Kier molecular flexibility index (Phi) is 5.65. The molecule has 1 aliphatic heterocycles. The zero-order chi connectivity index (χ0) is 24.0. The van der Waals surface area contributed by atoms with Crippen molar-refractivity contribution in [1.29, 1.82) is 0 Å². The van der Waals surface area contributed by atoms with Crippen LogP contribution in [0, 0.1) is 5.82 Å². The molecule has 5 rings (SSSR count). The second-order valence-corrected chi connectivity index (χ2v) is 9.96. The summed E-state index contributed by atoms with van der Waals surface area (Å²) in [5.41, 5.74) is 9.19. The molecule has 34 heavy (non-hydrogen) atoms. The van der Waals surface area contributed by atoms with Gasteiger partial charge in [-0.05, 0) is 63.4 Å². The van der Waals surface area contributed by atoms with Crippen LogP contribution in [0.25, 0.3) is 16.7 Å². The third-order valence-corrected chi connectivity index (χ3v) is 6.67. The molecule has 2 aromatic heterocycles. The Morgan fingerprint density at radius 3 is 2.56 bits per heavy atom. The Morgan fingerprint density at radius 2 is 1.91 bits per heavy atom. The Bertz CT molecular complexity index is 1340. The molecule has 0 aliphatic carbocycles. The first-order valence-corrected chi connectivity index (χ1v) is 11.7. The normalized spacial score (nSPS) is 16.0. The van der Waals surface area contributed by atoms with E-state index in [-0.39, 0.29) is 11.5 Å². The summed E-state index contributed by atoms with van der Waals surface area (Å²) >= 11 is 0. The van der Waals surface area contributed by atoms with E-state index in [0.29, 0.717) is 24.1 Å². The number of carbonyl (C=O) groups is 1. The highest BCUT2D eigenvalue weighted by atomic mass is 19.1. The van der Waals surface area contributed by atoms with Gasteiger partial charge in [0.2, 0.25) is 0 Å². The summed E-state index contributed by atoms with van der Waals surface area (Å²) in [4.78, 5) is 14.5. The van der Waals surface area contributed by atoms with Crippen molar-refractivity contribution < 1.29 is 14.3 Å². The highest BCUT2D eigenvalue weighted by Crippen LogP contribution is 2.35. The van der Waals surface area contributed by atoms with Crippen LogP contribution in [0.2, 0.25) is 0 Å². The van der Waals surface area contributed by atoms with Gasteiger partial charge in [-0.1, -0.05) is 30.3 Å². The molecule has 1 fully saturated rings. The fourth-order valence-electron chi connectivity index (χ4n) is 5.27. The maximum absolute atomic E-state index is 14.6. The molecule has 8 heteroatoms. The van der Waals surface area contributed by atoms with E-state index in [2.05, 4.69) is 10.00 Å². The van der Waals surface area contributed by atoms with Crippen LogP contribution < -0.4 is 5.73 Å². The first kappa shape index (κ1) is 22.6. The maximum Gasteiger partial charge on any atom is 0.251 e. The van der Waals surface area contributed by atoms with E-state index in [9.17, 15) is 14.3 Å². The number of rotatable bonds is 6. The molecule has 0 spiro atoms. The summed E-state index contributed by atoms with van der Waals surface area (Å²) in [6, 6.07) is 12.6. The lowest BCUT2D eigenvalue weighted by atomic mass is 9.90. The molecular weight excluding hydrogens is 433 g/mol. The maximum atomic E-state index is 14.6. The van der Waals surface area contributed by atoms with E-state index in [4.69, 9.17) is 5.73 Å². The first-order chi connectivity index (χ1) is 16.2. The van der Waals surface area contributed by atoms with Crippen molar-refractivity contribution in [3.8, 4) is 0 Å². The average Bonchev–Trinajstić information content (AvgIpc) is 3.33. The van der Waals surface area contributed by atoms with Gasteiger partial charge in [0.25, 0.3) is 5.91 Å². The number of carbonyl (C=O) groups excluding carboxylic acids is 1. The van der Waals surface area contributed by atoms with Crippen LogP contribution in [0.1, 0.15) is 54.1 Å². The van der Waals surface area contributed by atoms with Crippen LogP contribution in [-0.4, -0.2) is 55.3 Å². The van der Waals surface area contributed by atoms with Crippen LogP contribution in [0.4, 0.5) is 4.39 Å². The molecule has 0 unspecified atom stereocenters. The molecule has 0 saturated carbocycles. The Balaban J connectivity index is 1.62. The zero-order valence-electron chi connectivity index (χ0n) is 19.5. The number of aliphatic hydroxyl groups is 1. The predicted octanol–water partition coefficient (Wildman–Crippen LogP) is 3.53. The lowest BCUT2D eigenvalue weighted by Gasteiger charge is -2.35. The van der Waals surface area contributed by atoms with Gasteiger partial charge in [-0.2, -0.15) is 5.10 Å². The number of nitrogens with two attached hydrogens (primary N) is 1. The zero-order valence-corrected chi connectivity index (χ0v) is 19.5. The number of benzene rings is 2. The number of hydrogen-bond donors (Lipinski definition) is 2. The van der Waals surface area contributed by atoms with Crippen LogP contribution in [0.3, 0.4) is 0 Å². The van der Waals surface area contributed by atoms with Gasteiger partial charge < -0.3 is 20.3 Å². The minimum Gasteiger partial charge on any atom is -0.389 e. The summed E-state index contributed by atoms with van der Waals surface area (Å²) < 4.78 is 18.4. The fraction of sp³-hybridized carbons (Fsp3) is 0.385. The largest absolute Gasteiger partial charge is 0.389 e. The topological polar surface area (TPSA) is 88.8 Å². The van der Waals surface area contributed by atoms with E-state index in [1.807, 2.05) is 54.9 Å². The standard InChI is InChI=1S/C26H30FN5O2/c1-26(2,34)16-30-10-8-18(9-11-30)21-14-29-32-23-20(24(28)33)12-19(27)13-22(23)31(25(21)32)15-17-6-4-3-5-7-17/h3-7,12-14,18,34H,8-11,15-16H2,1-2H3,(H2,28,33). The summed E-state index contributed by atoms with van der Waals surface area (Å²) in [5, 5.41) is 14.8. The van der Waals surface area contributed by atoms with Crippen molar-refractivity contribution in [2.75, 3.05) is 19.6 Å². The van der Waals surface area contributed by atoms with Crippen molar-refractivity contribution in [3.63, 3.8) is 0 Å². The SMILES string of the molecule is CC(C)(O)CN1CCC(c2cnn3c4c(C(N)=O)cc(F)cc4n(Cc4ccccc4)c23)CC1. The number of β-amino-alcohol motifs (C(OH)–C–C–N with tert-alkyl or cyclic N) is 1. The molecule has 0 bridgehead atoms. The van der Waals surface area contributed by atoms with E-state index in [1.54, 1.807) is 4.52 Å². The number of piperidine rings is 1. The smallest absolute Gasteiger partial charge is 0.251 e. The molecule has 2 aromatic carbocycles. The molecule has 0 atom stereocenters. The minimum absolute atomic E-state index is 0.126. The van der Waals surface area contributed by atoms with Crippen molar-refractivity contribution in [2.45, 2.75) is 44.8 Å². The molecule has 3 N–H and O–H groups in total. The average molecular weight is 464 g/mol. The second-order valence-electron chi connectivity index (χ2n) is 9.96. The number of halogens is 1. The van der Waals surface area contributed by atoms with Crippen LogP contribution >= 0.6 is 0 Å². The lowest BCUT2D eigenvalue weighted by molar-refractivity contribution is 0.0282. The van der Waals surface area contributed by atoms with Gasteiger partial charge in [-0.3, -0.25) is 4.79 Å². The Morgan fingerprint density at radius 1 is 1.21 bits per heavy atom. The molecule has 1 saturated heterocycles. The van der Waals surface area contributed by atoms with Gasteiger partial charge in [0.15, 0.2) is 0 Å². The van der Waals surface area contributed by atoms with Crippen LogP contribution in [0.15, 0.2) is 48.7 Å². The molecule has 0 radical (unpaired) electrons. The number of hydrogen-bond acceptors (Lipinski definition) is 4. The third kappa shape index (κ3) is 4.19. The van der Waals surface area contributed by atoms with E-state index in [0.717, 1.165) is 42.7 Å². The lowest BCUT2D eigenvalue weighted by Crippen LogP contribution is -2.42. The second kappa shape index (κ2) is 8.52. The van der Waals surface area contributed by atoms with Gasteiger partial charge in [0, 0.05) is 18.7 Å². The van der Waals surface area contributed by atoms with Crippen molar-refractivity contribution in [1.82, 2.24) is 19.1 Å². The van der Waals surface area contributed by atoms with Crippen molar-refractivity contribution in [3.05, 3.63) is 71.2 Å². The molecule has 1 aliphatic rings. The number of nitrogens with zero attached hydrogens (tertiary/aromatic N) is 4. The van der Waals surface area contributed by atoms with Gasteiger partial charge in [0.05, 0.1) is 22.9 Å². The summed E-state index contributed by atoms with van der Waals surface area (Å²) in [6.07, 6.45) is 3.74. The Hall–Kier alpha value is -3.23. The summed E-state index contributed by atoms with van der Waals surface area (Å²) in [7, 11) is 0. The third-order valence-electron chi connectivity index (χ3n) is 6.67. The molecule has 3 heterocycles. The predicted molar refractivity (Wildman–Crippen MR) is 129 cm³/mol. The van der Waals surface area contributed by atoms with E-state index in [1.165, 1.54) is 12.1 Å². The van der Waals surface area contributed by atoms with Gasteiger partial charge in [-0.25, -0.2) is 8.91 Å². The Labute approximate surface area is 197 Å². The quantitative estimate of drug-likeness (QED) is 0.458. The van der Waals surface area contributed by atoms with Gasteiger partial charge in [0.1, 0.15) is 17.0 Å². The fourth-order valence-corrected chi connectivity index (χ4v) is 5.27. The van der Waals surface area contributed by atoms with Crippen molar-refractivity contribution >= 4 is 22.6 Å². The van der Waals surface area contributed by atoms with Gasteiger partial charge in [-0.15, -0.1) is 0 Å². The number of likely N-dealkylation sites (tertiary alicyclic amines) is 1. The summed E-state index contributed by atoms with van der Waals surface area (Å²) in [5.74, 6) is -0.908. The number of aromatic nitrogens is 3. The number of fused-ring (bicyclic) bond motifs is 3. The van der Waals surface area contributed by atoms with E-state index >= 15 is 0 Å². The van der Waals surface area contributed by atoms with Gasteiger partial charge >= 0.3 is 0 Å². The number of primary amides is 1. The molecule has 178 valence electrons. The minimum atomic E-state index is -0.727. The molecule has 7 nitrogen and oxygen atoms in total. The molecular formula is C26H30FN5O2. The number of amides is 1. The van der Waals surface area contributed by atoms with Crippen LogP contribution in [-0.2, 0) is 6.54 Å². The molecule has 1 amide bonds. The highest BCUT2D eigenvalue weighted by molar-refractivity contribution is 6.05. The van der Waals surface area contributed by atoms with E-state index < -0.39 is 17.3 Å². The monoisotopic (exact) mass is 463 g/mol. The molecule has 4 aromatic rings. The number of imidazole rings is 1. The highest BCUT2D eigenvalue weighted by Gasteiger charge is 2.29. The first-order valence-electron chi connectivity index (χ1n) is 11.7.